The number of nitrogens with zero attached hydrogens (tertiary/aromatic N) is 9. The van der Waals surface area contributed by atoms with Gasteiger partial charge in [-0.05, 0) is 190 Å². The van der Waals surface area contributed by atoms with E-state index in [1.807, 2.05) is 103 Å². The van der Waals surface area contributed by atoms with E-state index in [0.717, 1.165) is 143 Å². The van der Waals surface area contributed by atoms with Gasteiger partial charge in [0.2, 0.25) is 0 Å². The van der Waals surface area contributed by atoms with Gasteiger partial charge in [-0.25, -0.2) is 44.9 Å². The minimum Gasteiger partial charge on any atom is -0.456 e. The van der Waals surface area contributed by atoms with E-state index in [2.05, 4.69) is 359 Å². The normalized spacial score (nSPS) is 13.3. The summed E-state index contributed by atoms with van der Waals surface area (Å²) in [6.45, 7) is 18.7. The highest BCUT2D eigenvalue weighted by Crippen LogP contribution is 2.59. The fraction of sp³-hybridized carbons (Fsp3) is 0.102. The highest BCUT2D eigenvalue weighted by molar-refractivity contribution is 6.12. The van der Waals surface area contributed by atoms with Crippen molar-refractivity contribution in [1.29, 1.82) is 0 Å². The van der Waals surface area contributed by atoms with Gasteiger partial charge in [-0.3, -0.25) is 0 Å². The first-order chi connectivity index (χ1) is 68.5. The Balaban J connectivity index is 0.000000111. The van der Waals surface area contributed by atoms with Gasteiger partial charge in [-0.2, -0.15) is 0 Å². The Bertz CT molecular complexity index is 9040. The van der Waals surface area contributed by atoms with E-state index >= 15 is 0 Å². The van der Waals surface area contributed by atoms with Crippen molar-refractivity contribution >= 4 is 76.6 Å². The van der Waals surface area contributed by atoms with Crippen LogP contribution in [-0.4, -0.2) is 44.9 Å². The lowest BCUT2D eigenvalue weighted by Gasteiger charge is -2.40. The minimum absolute atomic E-state index is 0.0691. The molecule has 0 fully saturated rings. The summed E-state index contributed by atoms with van der Waals surface area (Å²) in [4.78, 5) is 44.9. The van der Waals surface area contributed by atoms with Crippen molar-refractivity contribution in [3.63, 3.8) is 0 Å². The van der Waals surface area contributed by atoms with Crippen LogP contribution in [0, 0.1) is 11.8 Å². The summed E-state index contributed by atoms with van der Waals surface area (Å²) < 4.78 is 19.7. The Hall–Kier alpha value is -17.4. The van der Waals surface area contributed by atoms with Gasteiger partial charge in [0, 0.05) is 98.6 Å². The summed E-state index contributed by atoms with van der Waals surface area (Å²) in [5, 5.41) is 8.92. The SMILES string of the molecule is CC(C)C1(C(C)C)c2ccccc2-c2cc3oc4cc(-c5nc(-c6ccccc6)nc(-c6cccc7ccccc67)n5)ccc4c3cc21.CC1(C)c2ccccc2-c2cc3oc4cc(-c5nc(-c6ccccc6)nc(-c6ccc(-c7ccccc7)cc6)n5)ccc4c3cc21.CC1(C)c2ccccc2-c2cc3oc4cc(-c5nc(-c6ccccc6)nc(-c6cccc(-c7ccccc7)c6)n5)ccc4c3cc21. The lowest BCUT2D eigenvalue weighted by Crippen LogP contribution is -2.37. The minimum atomic E-state index is -0.0728. The van der Waals surface area contributed by atoms with Crippen LogP contribution in [0.3, 0.4) is 0 Å². The second kappa shape index (κ2) is 33.6. The van der Waals surface area contributed by atoms with Gasteiger partial charge < -0.3 is 13.3 Å². The number of hydrogen-bond donors (Lipinski definition) is 0. The molecule has 0 unspecified atom stereocenters. The maximum atomic E-state index is 6.66. The summed E-state index contributed by atoms with van der Waals surface area (Å²) >= 11 is 0. The van der Waals surface area contributed by atoms with E-state index in [9.17, 15) is 0 Å². The highest BCUT2D eigenvalue weighted by Gasteiger charge is 2.48. The van der Waals surface area contributed by atoms with Gasteiger partial charge in [-0.15, -0.1) is 0 Å². The van der Waals surface area contributed by atoms with E-state index in [-0.39, 0.29) is 16.2 Å². The van der Waals surface area contributed by atoms with Crippen molar-refractivity contribution in [1.82, 2.24) is 44.9 Å². The Kier molecular flexibility index (Phi) is 20.2. The van der Waals surface area contributed by atoms with Crippen molar-refractivity contribution in [3.8, 4) is 158 Å². The molecule has 24 aromatic rings. The Labute approximate surface area is 810 Å². The molecule has 0 amide bonds. The van der Waals surface area contributed by atoms with Crippen LogP contribution in [0.25, 0.3) is 235 Å². The molecular weight excluding hydrogens is 1710 g/mol. The quantitative estimate of drug-likeness (QED) is 0.108. The third-order valence-corrected chi connectivity index (χ3v) is 29.2. The zero-order chi connectivity index (χ0) is 94.2. The van der Waals surface area contributed by atoms with Crippen LogP contribution in [0.15, 0.2) is 420 Å². The molecule has 0 radical (unpaired) electrons. The molecule has 12 heteroatoms. The summed E-state index contributed by atoms with van der Waals surface area (Å²) in [7, 11) is 0. The largest absolute Gasteiger partial charge is 0.456 e. The molecule has 12 nitrogen and oxygen atoms in total. The number of furan rings is 3. The van der Waals surface area contributed by atoms with Gasteiger partial charge in [0.15, 0.2) is 52.4 Å². The van der Waals surface area contributed by atoms with E-state index in [1.54, 1.807) is 0 Å². The second-order valence-corrected chi connectivity index (χ2v) is 38.6. The van der Waals surface area contributed by atoms with Crippen LogP contribution in [0.4, 0.5) is 0 Å². The van der Waals surface area contributed by atoms with Crippen molar-refractivity contribution in [3.05, 3.63) is 440 Å². The molecule has 0 spiro atoms. The average molecular weight is 1810 g/mol. The molecule has 18 aromatic carbocycles. The topological polar surface area (TPSA) is 155 Å². The molecule has 27 rings (SSSR count). The van der Waals surface area contributed by atoms with Gasteiger partial charge in [0.1, 0.15) is 33.5 Å². The van der Waals surface area contributed by atoms with Gasteiger partial charge in [0.05, 0.1) is 0 Å². The number of benzene rings is 18. The molecule has 0 saturated heterocycles. The van der Waals surface area contributed by atoms with E-state index < -0.39 is 0 Å². The monoisotopic (exact) mass is 1800 g/mol. The first-order valence-electron chi connectivity index (χ1n) is 48.1. The Morgan fingerprint density at radius 3 is 0.857 bits per heavy atom. The van der Waals surface area contributed by atoms with E-state index in [1.165, 1.54) is 72.3 Å². The van der Waals surface area contributed by atoms with Crippen LogP contribution in [0.1, 0.15) is 88.8 Å². The second-order valence-electron chi connectivity index (χ2n) is 38.6. The highest BCUT2D eigenvalue weighted by atomic mass is 16.3. The number of rotatable bonds is 13. The van der Waals surface area contributed by atoms with Crippen molar-refractivity contribution < 1.29 is 13.3 Å². The standard InChI is InChI=1S/C44H35N3O.2C42H29N3O/c1-26(2)44(27(3)4)37-20-11-10-18-32(37)35-25-40-36(24-38(35)44)33-22-21-30(23-39(33)48-40)42-45-41(29-14-6-5-7-15-29)46-43(47-42)34-19-12-16-28-13-8-9-17-31(28)34;1-42(2)35-19-10-9-18-31(35)33-25-38-34(24-36(33)42)32-21-20-30(23-37(32)46-38)41-44-39(27-14-7-4-8-15-27)43-40(45-41)29-17-11-16-28(22-29)26-12-5-3-6-13-26;1-42(2)35-16-10-9-15-31(35)33-25-38-34(24-36(33)42)32-22-21-30(23-37(32)46-38)41-44-39(28-13-7-4-8-14-28)43-40(45-41)29-19-17-27(18-20-29)26-11-5-3-6-12-26/h5-27H,1-4H3;2*3-25H,1-2H3. The predicted octanol–water partition coefficient (Wildman–Crippen LogP) is 33.0. The maximum Gasteiger partial charge on any atom is 0.164 e. The molecule has 3 aliphatic rings. The van der Waals surface area contributed by atoms with Crippen LogP contribution in [0.2, 0.25) is 0 Å². The lowest BCUT2D eigenvalue weighted by atomic mass is 9.63. The number of aromatic nitrogens is 9. The molecule has 0 aliphatic heterocycles. The molecule has 140 heavy (non-hydrogen) atoms. The molecular formula is C128H93N9O3. The molecule has 668 valence electrons. The van der Waals surface area contributed by atoms with Gasteiger partial charge in [-0.1, -0.05) is 383 Å². The van der Waals surface area contributed by atoms with Crippen molar-refractivity contribution in [2.75, 3.05) is 0 Å². The van der Waals surface area contributed by atoms with E-state index in [4.69, 9.17) is 58.1 Å². The fourth-order valence-electron chi connectivity index (χ4n) is 22.3. The molecule has 6 aromatic heterocycles. The molecule has 0 saturated carbocycles. The summed E-state index contributed by atoms with van der Waals surface area (Å²) in [6, 6.07) is 141. The van der Waals surface area contributed by atoms with Crippen LogP contribution in [-0.2, 0) is 16.2 Å². The van der Waals surface area contributed by atoms with E-state index in [0.29, 0.717) is 64.3 Å². The van der Waals surface area contributed by atoms with Crippen molar-refractivity contribution in [2.24, 2.45) is 11.8 Å². The molecule has 0 N–H and O–H groups in total. The zero-order valence-corrected chi connectivity index (χ0v) is 78.6. The molecule has 3 aliphatic carbocycles. The first kappa shape index (κ1) is 84.4. The third-order valence-electron chi connectivity index (χ3n) is 29.2. The Morgan fingerprint density at radius 2 is 0.436 bits per heavy atom. The Morgan fingerprint density at radius 1 is 0.171 bits per heavy atom. The molecule has 0 bridgehead atoms. The first-order valence-corrected chi connectivity index (χ1v) is 48.1. The van der Waals surface area contributed by atoms with Crippen LogP contribution >= 0.6 is 0 Å². The smallest absolute Gasteiger partial charge is 0.164 e. The number of fused-ring (bicyclic) bond motifs is 19. The summed E-state index contributed by atoms with van der Waals surface area (Å²) in [5.74, 6) is 6.50. The number of hydrogen-bond acceptors (Lipinski definition) is 12. The molecule has 0 atom stereocenters. The van der Waals surface area contributed by atoms with Crippen LogP contribution < -0.4 is 0 Å². The van der Waals surface area contributed by atoms with Gasteiger partial charge in [0.25, 0.3) is 0 Å². The fourth-order valence-corrected chi connectivity index (χ4v) is 22.3. The third kappa shape index (κ3) is 14.3. The van der Waals surface area contributed by atoms with Crippen molar-refractivity contribution in [2.45, 2.75) is 71.6 Å². The lowest BCUT2D eigenvalue weighted by molar-refractivity contribution is 0.280. The van der Waals surface area contributed by atoms with Crippen LogP contribution in [0.5, 0.6) is 0 Å². The summed E-state index contributed by atoms with van der Waals surface area (Å²) in [5.41, 5.74) is 33.7. The predicted molar refractivity (Wildman–Crippen MR) is 570 cm³/mol. The average Bonchev–Trinajstić information content (AvgIpc) is 1.53. The maximum absolute atomic E-state index is 6.66. The zero-order valence-electron chi connectivity index (χ0n) is 78.6. The molecule has 6 heterocycles. The summed E-state index contributed by atoms with van der Waals surface area (Å²) in [6.07, 6.45) is 0. The van der Waals surface area contributed by atoms with Gasteiger partial charge >= 0.3 is 0 Å².